The number of carbonyl (C=O) groups excluding carboxylic acids is 1. The number of piperazine rings is 1. The molecule has 9 nitrogen and oxygen atoms in total. The molecule has 2 aliphatic rings. The molecule has 2 fully saturated rings. The molecule has 0 aliphatic carbocycles. The van der Waals surface area contributed by atoms with Gasteiger partial charge in [0.1, 0.15) is 18.0 Å². The molecule has 2 amide bonds. The zero-order valence-electron chi connectivity index (χ0n) is 16.8. The smallest absolute Gasteiger partial charge is 0.320 e. The summed E-state index contributed by atoms with van der Waals surface area (Å²) in [7, 11) is 0. The van der Waals surface area contributed by atoms with Gasteiger partial charge in [0.25, 0.3) is 0 Å². The molecular formula is C20H27N7O2. The predicted molar refractivity (Wildman–Crippen MR) is 111 cm³/mol. The number of urea groups is 1. The van der Waals surface area contributed by atoms with Gasteiger partial charge in [0.05, 0.1) is 18.9 Å². The van der Waals surface area contributed by atoms with Gasteiger partial charge in [0, 0.05) is 56.6 Å². The fourth-order valence-electron chi connectivity index (χ4n) is 3.83. The van der Waals surface area contributed by atoms with Crippen LogP contribution < -0.4 is 10.6 Å². The molecule has 2 N–H and O–H groups in total. The van der Waals surface area contributed by atoms with Crippen LogP contribution in [-0.4, -0.2) is 83.3 Å². The molecule has 0 saturated carbocycles. The number of pyridine rings is 1. The number of rotatable bonds is 3. The molecule has 0 spiro atoms. The van der Waals surface area contributed by atoms with E-state index in [4.69, 9.17) is 10.5 Å². The summed E-state index contributed by atoms with van der Waals surface area (Å²) in [5, 5.41) is 0. The second-order valence-electron chi connectivity index (χ2n) is 7.20. The Kier molecular flexibility index (Phi) is 5.75. The molecule has 0 bridgehead atoms. The average molecular weight is 397 g/mol. The highest BCUT2D eigenvalue weighted by Gasteiger charge is 2.28. The Hall–Kier alpha value is -2.94. The van der Waals surface area contributed by atoms with Gasteiger partial charge in [-0.15, -0.1) is 0 Å². The van der Waals surface area contributed by atoms with Gasteiger partial charge in [0.2, 0.25) is 0 Å². The summed E-state index contributed by atoms with van der Waals surface area (Å²) in [6.07, 6.45) is 4.19. The van der Waals surface area contributed by atoms with Crippen LogP contribution in [0, 0.1) is 0 Å². The van der Waals surface area contributed by atoms with Crippen molar-refractivity contribution in [2.75, 3.05) is 63.1 Å². The molecule has 0 radical (unpaired) electrons. The quantitative estimate of drug-likeness (QED) is 0.832. The standard InChI is InChI=1S/C20H27N7O2/c1-2-16-18(15-3-4-17(21)22-13-15)19(24-14-23-16)25-5-7-26(8-6-25)20(28)27-9-11-29-12-10-27/h3-4,13-14H,2,5-12H2,1H3,(H2,21,22). The topological polar surface area (TPSA) is 101 Å². The van der Waals surface area contributed by atoms with Crippen molar-refractivity contribution in [3.63, 3.8) is 0 Å². The number of nitrogen functional groups attached to an aromatic ring is 1. The Morgan fingerprint density at radius 3 is 2.41 bits per heavy atom. The van der Waals surface area contributed by atoms with Crippen molar-refractivity contribution in [3.8, 4) is 11.1 Å². The Morgan fingerprint density at radius 1 is 1.03 bits per heavy atom. The van der Waals surface area contributed by atoms with E-state index in [0.717, 1.165) is 42.1 Å². The maximum absolute atomic E-state index is 12.7. The third-order valence-electron chi connectivity index (χ3n) is 5.45. The van der Waals surface area contributed by atoms with E-state index in [1.54, 1.807) is 18.6 Å². The number of hydrogen-bond donors (Lipinski definition) is 1. The summed E-state index contributed by atoms with van der Waals surface area (Å²) in [6, 6.07) is 3.86. The van der Waals surface area contributed by atoms with Gasteiger partial charge in [-0.05, 0) is 18.6 Å². The largest absolute Gasteiger partial charge is 0.384 e. The highest BCUT2D eigenvalue weighted by molar-refractivity contribution is 5.79. The zero-order valence-corrected chi connectivity index (χ0v) is 16.8. The van der Waals surface area contributed by atoms with Gasteiger partial charge in [-0.3, -0.25) is 0 Å². The zero-order chi connectivity index (χ0) is 20.2. The second kappa shape index (κ2) is 8.60. The molecule has 0 atom stereocenters. The van der Waals surface area contributed by atoms with Crippen LogP contribution in [0.15, 0.2) is 24.7 Å². The summed E-state index contributed by atoms with van der Waals surface area (Å²) in [6.45, 7) is 7.44. The maximum atomic E-state index is 12.7. The van der Waals surface area contributed by atoms with E-state index < -0.39 is 0 Å². The van der Waals surface area contributed by atoms with Crippen LogP contribution in [-0.2, 0) is 11.2 Å². The van der Waals surface area contributed by atoms with Crippen molar-refractivity contribution in [2.24, 2.45) is 0 Å². The first-order valence-electron chi connectivity index (χ1n) is 10.1. The third kappa shape index (κ3) is 4.09. The Balaban J connectivity index is 1.52. The van der Waals surface area contributed by atoms with Gasteiger partial charge >= 0.3 is 6.03 Å². The van der Waals surface area contributed by atoms with Crippen LogP contribution in [0.25, 0.3) is 11.1 Å². The summed E-state index contributed by atoms with van der Waals surface area (Å²) < 4.78 is 5.35. The van der Waals surface area contributed by atoms with Gasteiger partial charge in [-0.25, -0.2) is 19.7 Å². The van der Waals surface area contributed by atoms with E-state index in [9.17, 15) is 4.79 Å². The van der Waals surface area contributed by atoms with Crippen LogP contribution >= 0.6 is 0 Å². The van der Waals surface area contributed by atoms with E-state index >= 15 is 0 Å². The minimum absolute atomic E-state index is 0.104. The number of ether oxygens (including phenoxy) is 1. The fraction of sp³-hybridized carbons (Fsp3) is 0.500. The van der Waals surface area contributed by atoms with Gasteiger partial charge in [-0.2, -0.15) is 0 Å². The van der Waals surface area contributed by atoms with E-state index in [2.05, 4.69) is 26.8 Å². The first-order chi connectivity index (χ1) is 14.2. The fourth-order valence-corrected chi connectivity index (χ4v) is 3.83. The van der Waals surface area contributed by atoms with Crippen molar-refractivity contribution < 1.29 is 9.53 Å². The molecule has 4 rings (SSSR count). The molecule has 154 valence electrons. The number of morpholine rings is 1. The number of anilines is 2. The lowest BCUT2D eigenvalue weighted by Gasteiger charge is -2.39. The van der Waals surface area contributed by atoms with Crippen LogP contribution in [0.3, 0.4) is 0 Å². The van der Waals surface area contributed by atoms with Crippen LogP contribution in [0.1, 0.15) is 12.6 Å². The highest BCUT2D eigenvalue weighted by Crippen LogP contribution is 2.32. The lowest BCUT2D eigenvalue weighted by Crippen LogP contribution is -2.55. The number of hydrogen-bond acceptors (Lipinski definition) is 7. The summed E-state index contributed by atoms with van der Waals surface area (Å²) in [5.41, 5.74) is 8.69. The van der Waals surface area contributed by atoms with Crippen molar-refractivity contribution in [1.29, 1.82) is 0 Å². The normalized spacial score (nSPS) is 17.5. The lowest BCUT2D eigenvalue weighted by atomic mass is 10.0. The molecule has 0 unspecified atom stereocenters. The maximum Gasteiger partial charge on any atom is 0.320 e. The summed E-state index contributed by atoms with van der Waals surface area (Å²) >= 11 is 0. The summed E-state index contributed by atoms with van der Waals surface area (Å²) in [4.78, 5) is 32.1. The number of nitrogens with zero attached hydrogens (tertiary/aromatic N) is 6. The lowest BCUT2D eigenvalue weighted by molar-refractivity contribution is 0.0428. The number of nitrogens with two attached hydrogens (primary N) is 1. The van der Waals surface area contributed by atoms with Crippen molar-refractivity contribution in [3.05, 3.63) is 30.4 Å². The molecule has 2 aromatic rings. The van der Waals surface area contributed by atoms with Crippen LogP contribution in [0.5, 0.6) is 0 Å². The van der Waals surface area contributed by atoms with E-state index in [-0.39, 0.29) is 6.03 Å². The molecular weight excluding hydrogens is 370 g/mol. The van der Waals surface area contributed by atoms with E-state index in [0.29, 0.717) is 45.2 Å². The van der Waals surface area contributed by atoms with Crippen LogP contribution in [0.4, 0.5) is 16.4 Å². The first-order valence-corrected chi connectivity index (χ1v) is 10.1. The SMILES string of the molecule is CCc1ncnc(N2CCN(C(=O)N3CCOCC3)CC2)c1-c1ccc(N)nc1. The minimum atomic E-state index is 0.104. The molecule has 2 aliphatic heterocycles. The minimum Gasteiger partial charge on any atom is -0.384 e. The van der Waals surface area contributed by atoms with Gasteiger partial charge in [0.15, 0.2) is 0 Å². The number of carbonyl (C=O) groups is 1. The van der Waals surface area contributed by atoms with E-state index in [1.807, 2.05) is 15.9 Å². The van der Waals surface area contributed by atoms with E-state index in [1.165, 1.54) is 0 Å². The number of aryl methyl sites for hydroxylation is 1. The Bertz CT molecular complexity index is 844. The average Bonchev–Trinajstić information content (AvgIpc) is 2.79. The van der Waals surface area contributed by atoms with Crippen molar-refractivity contribution in [2.45, 2.75) is 13.3 Å². The second-order valence-corrected chi connectivity index (χ2v) is 7.20. The molecule has 9 heteroatoms. The van der Waals surface area contributed by atoms with Crippen molar-refractivity contribution in [1.82, 2.24) is 24.8 Å². The Labute approximate surface area is 170 Å². The van der Waals surface area contributed by atoms with Crippen molar-refractivity contribution >= 4 is 17.7 Å². The molecule has 0 aromatic carbocycles. The highest BCUT2D eigenvalue weighted by atomic mass is 16.5. The van der Waals surface area contributed by atoms with Gasteiger partial charge < -0.3 is 25.2 Å². The molecule has 4 heterocycles. The predicted octanol–water partition coefficient (Wildman–Crippen LogP) is 1.26. The number of aromatic nitrogens is 3. The summed E-state index contributed by atoms with van der Waals surface area (Å²) in [5.74, 6) is 1.38. The molecule has 29 heavy (non-hydrogen) atoms. The molecule has 2 saturated heterocycles. The van der Waals surface area contributed by atoms with Gasteiger partial charge in [-0.1, -0.05) is 6.92 Å². The number of amides is 2. The third-order valence-corrected chi connectivity index (χ3v) is 5.45. The van der Waals surface area contributed by atoms with Crippen LogP contribution in [0.2, 0.25) is 0 Å². The monoisotopic (exact) mass is 397 g/mol. The Morgan fingerprint density at radius 2 is 1.76 bits per heavy atom. The molecule has 2 aromatic heterocycles. The first kappa shape index (κ1) is 19.4.